The molecule has 2 N–H and O–H groups in total. The molecule has 1 heterocycles. The number of Topliss-reactive ketones (excluding diaryl/α,β-unsaturated/α-hetero) is 1. The Hall–Kier alpha value is -3.59. The highest BCUT2D eigenvalue weighted by atomic mass is 35.5. The van der Waals surface area contributed by atoms with Crippen molar-refractivity contribution in [3.63, 3.8) is 0 Å². The van der Waals surface area contributed by atoms with Crippen molar-refractivity contribution in [3.05, 3.63) is 94.8 Å². The Kier molecular flexibility index (Phi) is 8.33. The monoisotopic (exact) mass is 522 g/mol. The van der Waals surface area contributed by atoms with Crippen LogP contribution in [0.4, 0.5) is 5.69 Å². The van der Waals surface area contributed by atoms with E-state index in [1.54, 1.807) is 41.2 Å². The van der Waals surface area contributed by atoms with Gasteiger partial charge in [-0.1, -0.05) is 42.3 Å². The van der Waals surface area contributed by atoms with Gasteiger partial charge in [0.25, 0.3) is 12.6 Å². The number of nitrogens with one attached hydrogen (secondary N) is 1. The van der Waals surface area contributed by atoms with Crippen molar-refractivity contribution in [3.8, 4) is 0 Å². The van der Waals surface area contributed by atoms with E-state index in [9.17, 15) is 14.4 Å². The zero-order chi connectivity index (χ0) is 26.4. The smallest absolute Gasteiger partial charge is 0.335 e. The van der Waals surface area contributed by atoms with Crippen LogP contribution < -0.4 is 9.88 Å². The van der Waals surface area contributed by atoms with Crippen molar-refractivity contribution >= 4 is 34.9 Å². The highest BCUT2D eigenvalue weighted by Crippen LogP contribution is 2.42. The van der Waals surface area contributed by atoms with Gasteiger partial charge in [-0.05, 0) is 49.7 Å². The number of aromatic carboxylic acids is 1. The van der Waals surface area contributed by atoms with Crippen LogP contribution in [0, 0.1) is 0 Å². The molecule has 192 valence electrons. The Balaban J connectivity index is 1.38. The molecule has 37 heavy (non-hydrogen) atoms. The van der Waals surface area contributed by atoms with Crippen LogP contribution in [0.15, 0.2) is 73.1 Å². The van der Waals surface area contributed by atoms with E-state index in [0.717, 1.165) is 18.4 Å². The quantitative estimate of drug-likeness (QED) is 0.317. The molecule has 1 aliphatic rings. The Morgan fingerprint density at radius 3 is 2.54 bits per heavy atom. The van der Waals surface area contributed by atoms with Crippen LogP contribution in [0.2, 0.25) is 5.02 Å². The number of carbonyl (C=O) groups is 3. The minimum atomic E-state index is -1.06. The average molecular weight is 523 g/mol. The third-order valence-corrected chi connectivity index (χ3v) is 7.00. The zero-order valence-electron chi connectivity index (χ0n) is 20.5. The normalized spacial score (nSPS) is 17.5. The lowest BCUT2D eigenvalue weighted by molar-refractivity contribution is -0.733. The fourth-order valence-corrected chi connectivity index (χ4v) is 5.02. The van der Waals surface area contributed by atoms with Gasteiger partial charge in [-0.2, -0.15) is 4.57 Å². The molecular weight excluding hydrogens is 494 g/mol. The standard InChI is InChI=1S/C28H28ClN3O5/c1-31(28(14-5-4-11-25(28)33)23-9-2-3-10-24(23)29)18-37-19-32-15-12-20(13-16-32)26(34)30-22-8-6-7-21(17-22)27(35)36/h2-3,6-10,12-13,15-17H,4-5,11,14,18-19H2,1H3,(H-,30,34,35,36)/p+1. The van der Waals surface area contributed by atoms with Crippen LogP contribution >= 0.6 is 11.6 Å². The highest BCUT2D eigenvalue weighted by Gasteiger charge is 2.46. The number of pyridine rings is 1. The summed E-state index contributed by atoms with van der Waals surface area (Å²) in [6.07, 6.45) is 6.44. The van der Waals surface area contributed by atoms with E-state index in [1.165, 1.54) is 12.1 Å². The minimum Gasteiger partial charge on any atom is -0.478 e. The molecule has 0 radical (unpaired) electrons. The largest absolute Gasteiger partial charge is 0.478 e. The van der Waals surface area contributed by atoms with Crippen LogP contribution in [-0.2, 0) is 21.8 Å². The van der Waals surface area contributed by atoms with Gasteiger partial charge in [0.15, 0.2) is 18.2 Å². The van der Waals surface area contributed by atoms with Crippen LogP contribution in [0.25, 0.3) is 0 Å². The SMILES string of the molecule is CN(COC[n+]1ccc(C(=O)Nc2cccc(C(=O)O)c2)cc1)C1(c2ccccc2Cl)CCCCC1=O. The predicted molar refractivity (Wildman–Crippen MR) is 138 cm³/mol. The summed E-state index contributed by atoms with van der Waals surface area (Å²) in [5.74, 6) is -1.27. The van der Waals surface area contributed by atoms with Gasteiger partial charge in [0.05, 0.1) is 11.1 Å². The molecule has 9 heteroatoms. The number of halogens is 1. The van der Waals surface area contributed by atoms with Crippen molar-refractivity contribution in [2.75, 3.05) is 19.1 Å². The summed E-state index contributed by atoms with van der Waals surface area (Å²) < 4.78 is 7.72. The maximum Gasteiger partial charge on any atom is 0.335 e. The zero-order valence-corrected chi connectivity index (χ0v) is 21.3. The van der Waals surface area contributed by atoms with E-state index in [-0.39, 0.29) is 30.7 Å². The van der Waals surface area contributed by atoms with Crippen molar-refractivity contribution in [2.45, 2.75) is 38.0 Å². The Morgan fingerprint density at radius 2 is 1.84 bits per heavy atom. The second-order valence-electron chi connectivity index (χ2n) is 9.07. The number of likely N-dealkylation sites (N-methyl/N-ethyl adjacent to an activating group) is 1. The van der Waals surface area contributed by atoms with E-state index in [0.29, 0.717) is 29.1 Å². The molecule has 3 aromatic rings. The van der Waals surface area contributed by atoms with Crippen molar-refractivity contribution in [1.82, 2.24) is 4.90 Å². The maximum atomic E-state index is 13.2. The van der Waals surface area contributed by atoms with Gasteiger partial charge in [-0.15, -0.1) is 0 Å². The number of nitrogens with zero attached hydrogens (tertiary/aromatic N) is 2. The predicted octanol–water partition coefficient (Wildman–Crippen LogP) is 4.48. The first kappa shape index (κ1) is 26.5. The summed E-state index contributed by atoms with van der Waals surface area (Å²) in [4.78, 5) is 38.8. The molecule has 0 bridgehead atoms. The Bertz CT molecular complexity index is 1300. The molecule has 1 amide bonds. The number of ketones is 1. The number of aromatic nitrogens is 1. The van der Waals surface area contributed by atoms with E-state index < -0.39 is 11.5 Å². The third kappa shape index (κ3) is 5.88. The Labute approximate surface area is 220 Å². The number of amides is 1. The van der Waals surface area contributed by atoms with Crippen molar-refractivity contribution in [2.24, 2.45) is 0 Å². The molecule has 4 rings (SSSR count). The first-order valence-corrected chi connectivity index (χ1v) is 12.4. The lowest BCUT2D eigenvalue weighted by Crippen LogP contribution is -2.53. The molecular formula is C28H29ClN3O5+. The topological polar surface area (TPSA) is 99.8 Å². The Morgan fingerprint density at radius 1 is 1.08 bits per heavy atom. The molecule has 1 aromatic heterocycles. The van der Waals surface area contributed by atoms with Crippen molar-refractivity contribution in [1.29, 1.82) is 0 Å². The number of benzene rings is 2. The third-order valence-electron chi connectivity index (χ3n) is 6.67. The van der Waals surface area contributed by atoms with Crippen LogP contribution in [0.1, 0.15) is 52.0 Å². The number of rotatable bonds is 9. The van der Waals surface area contributed by atoms with Crippen LogP contribution in [0.3, 0.4) is 0 Å². The summed E-state index contributed by atoms with van der Waals surface area (Å²) in [6, 6.07) is 16.9. The summed E-state index contributed by atoms with van der Waals surface area (Å²) in [5, 5.41) is 12.4. The lowest BCUT2D eigenvalue weighted by atomic mass is 9.74. The number of hydrogen-bond acceptors (Lipinski definition) is 5. The first-order valence-electron chi connectivity index (χ1n) is 12.0. The fourth-order valence-electron chi connectivity index (χ4n) is 4.72. The van der Waals surface area contributed by atoms with Gasteiger partial charge in [-0.25, -0.2) is 4.79 Å². The number of carboxylic acids is 1. The van der Waals surface area contributed by atoms with Gasteiger partial charge in [0.1, 0.15) is 12.3 Å². The molecule has 0 saturated heterocycles. The average Bonchev–Trinajstić information content (AvgIpc) is 2.90. The molecule has 1 atom stereocenters. The van der Waals surface area contributed by atoms with E-state index in [4.69, 9.17) is 21.4 Å². The number of anilines is 1. The number of hydrogen-bond donors (Lipinski definition) is 2. The molecule has 1 aliphatic carbocycles. The lowest BCUT2D eigenvalue weighted by Gasteiger charge is -2.43. The molecule has 8 nitrogen and oxygen atoms in total. The first-order chi connectivity index (χ1) is 17.8. The molecule has 2 aromatic carbocycles. The van der Waals surface area contributed by atoms with E-state index in [2.05, 4.69) is 5.32 Å². The number of ether oxygens (including phenoxy) is 1. The molecule has 1 unspecified atom stereocenters. The number of carbonyl (C=O) groups excluding carboxylic acids is 2. The van der Waals surface area contributed by atoms with Crippen LogP contribution in [0.5, 0.6) is 0 Å². The molecule has 1 fully saturated rings. The fraction of sp³-hybridized carbons (Fsp3) is 0.286. The summed E-state index contributed by atoms with van der Waals surface area (Å²) in [7, 11) is 1.88. The second kappa shape index (κ2) is 11.6. The van der Waals surface area contributed by atoms with Gasteiger partial charge in [0.2, 0.25) is 0 Å². The van der Waals surface area contributed by atoms with Gasteiger partial charge in [0, 0.05) is 29.3 Å². The minimum absolute atomic E-state index is 0.0945. The number of carboxylic acid groups (broad SMARTS) is 1. The van der Waals surface area contributed by atoms with Crippen molar-refractivity contribution < 1.29 is 28.8 Å². The van der Waals surface area contributed by atoms with Crippen LogP contribution in [-0.4, -0.2) is 41.4 Å². The maximum absolute atomic E-state index is 13.2. The molecule has 0 spiro atoms. The van der Waals surface area contributed by atoms with E-state index in [1.807, 2.05) is 36.2 Å². The summed E-state index contributed by atoms with van der Waals surface area (Å²) >= 11 is 6.52. The highest BCUT2D eigenvalue weighted by molar-refractivity contribution is 6.31. The summed E-state index contributed by atoms with van der Waals surface area (Å²) in [5.41, 5.74) is 0.903. The summed E-state index contributed by atoms with van der Waals surface area (Å²) in [6.45, 7) is 0.436. The van der Waals surface area contributed by atoms with E-state index >= 15 is 0 Å². The molecule has 0 aliphatic heterocycles. The molecule has 1 saturated carbocycles. The van der Waals surface area contributed by atoms with Gasteiger partial charge in [-0.3, -0.25) is 14.5 Å². The second-order valence-corrected chi connectivity index (χ2v) is 9.48. The van der Waals surface area contributed by atoms with Gasteiger partial charge < -0.3 is 15.2 Å². The van der Waals surface area contributed by atoms with Gasteiger partial charge >= 0.3 is 5.97 Å².